The number of unbranched alkanes of at least 4 members (excludes halogenated alkanes) is 1. The quantitative estimate of drug-likeness (QED) is 0.344. The van der Waals surface area contributed by atoms with E-state index in [4.69, 9.17) is 5.73 Å². The summed E-state index contributed by atoms with van der Waals surface area (Å²) >= 11 is 0. The molecule has 104 valence electrons. The predicted octanol–water partition coefficient (Wildman–Crippen LogP) is 0.391. The lowest BCUT2D eigenvalue weighted by molar-refractivity contribution is -0.870. The first kappa shape index (κ1) is 16.8. The van der Waals surface area contributed by atoms with Gasteiger partial charge in [-0.3, -0.25) is 0 Å². The number of nitrogens with two attached hydrogens (primary N) is 1. The average Bonchev–Trinajstić information content (AvgIpc) is 2.24. The number of hydrogen-bond donors (Lipinski definition) is 3. The molecule has 0 saturated carbocycles. The Morgan fingerprint density at radius 3 is 1.71 bits per heavy atom. The van der Waals surface area contributed by atoms with Crippen molar-refractivity contribution in [3.05, 3.63) is 0 Å². The van der Waals surface area contributed by atoms with Crippen LogP contribution in [0.1, 0.15) is 25.7 Å². The van der Waals surface area contributed by atoms with Gasteiger partial charge in [0.15, 0.2) is 0 Å². The van der Waals surface area contributed by atoms with E-state index in [9.17, 15) is 0 Å². The van der Waals surface area contributed by atoms with Crippen LogP contribution >= 0.6 is 0 Å². The Bertz CT molecular complexity index is 154. The summed E-state index contributed by atoms with van der Waals surface area (Å²) in [6.07, 6.45) is 4.87. The molecule has 0 aliphatic heterocycles. The third-order valence-electron chi connectivity index (χ3n) is 2.70. The van der Waals surface area contributed by atoms with Gasteiger partial charge in [0.25, 0.3) is 0 Å². The molecule has 0 aromatic rings. The fourth-order valence-corrected chi connectivity index (χ4v) is 1.66. The van der Waals surface area contributed by atoms with Gasteiger partial charge >= 0.3 is 0 Å². The van der Waals surface area contributed by atoms with Crippen LogP contribution in [0.25, 0.3) is 0 Å². The molecule has 0 aromatic carbocycles. The standard InChI is InChI=1S/C13H33N4/c1-17(2,3)13-7-12-16-10-5-4-9-15-11-6-8-14/h15-16H,4-14H2,1-3H3/q+1. The number of hydrogen-bond acceptors (Lipinski definition) is 3. The minimum atomic E-state index is 0.793. The van der Waals surface area contributed by atoms with Gasteiger partial charge in [-0.15, -0.1) is 0 Å². The molecule has 0 aliphatic carbocycles. The summed E-state index contributed by atoms with van der Waals surface area (Å²) in [5.74, 6) is 0. The maximum absolute atomic E-state index is 5.42. The SMILES string of the molecule is C[N+](C)(C)CCCNCCCCNCCCN. The lowest BCUT2D eigenvalue weighted by Gasteiger charge is -2.23. The zero-order valence-corrected chi connectivity index (χ0v) is 12.1. The van der Waals surface area contributed by atoms with Crippen molar-refractivity contribution in [2.45, 2.75) is 25.7 Å². The van der Waals surface area contributed by atoms with Crippen LogP contribution in [-0.4, -0.2) is 64.9 Å². The van der Waals surface area contributed by atoms with Crippen LogP contribution < -0.4 is 16.4 Å². The van der Waals surface area contributed by atoms with Crippen molar-refractivity contribution in [2.24, 2.45) is 5.73 Å². The highest BCUT2D eigenvalue weighted by Crippen LogP contribution is 1.92. The van der Waals surface area contributed by atoms with Crippen LogP contribution in [0.5, 0.6) is 0 Å². The zero-order chi connectivity index (χ0) is 13.0. The molecule has 4 nitrogen and oxygen atoms in total. The highest BCUT2D eigenvalue weighted by atomic mass is 15.3. The van der Waals surface area contributed by atoms with E-state index in [1.165, 1.54) is 25.8 Å². The Morgan fingerprint density at radius 2 is 1.24 bits per heavy atom. The second-order valence-corrected chi connectivity index (χ2v) is 5.72. The first-order chi connectivity index (χ1) is 8.06. The van der Waals surface area contributed by atoms with Crippen LogP contribution in [0.15, 0.2) is 0 Å². The maximum atomic E-state index is 5.42. The van der Waals surface area contributed by atoms with E-state index < -0.39 is 0 Å². The third-order valence-corrected chi connectivity index (χ3v) is 2.70. The van der Waals surface area contributed by atoms with Crippen molar-refractivity contribution >= 4 is 0 Å². The number of rotatable bonds is 12. The van der Waals surface area contributed by atoms with Gasteiger partial charge in [0, 0.05) is 13.0 Å². The Kier molecular flexibility index (Phi) is 10.9. The van der Waals surface area contributed by atoms with Crippen LogP contribution in [-0.2, 0) is 0 Å². The van der Waals surface area contributed by atoms with Crippen molar-refractivity contribution in [1.29, 1.82) is 0 Å². The van der Waals surface area contributed by atoms with Crippen molar-refractivity contribution in [1.82, 2.24) is 10.6 Å². The molecular formula is C13H33N4+. The lowest BCUT2D eigenvalue weighted by Crippen LogP contribution is -2.36. The molecule has 0 radical (unpaired) electrons. The van der Waals surface area contributed by atoms with E-state index in [1.54, 1.807) is 0 Å². The van der Waals surface area contributed by atoms with E-state index in [0.29, 0.717) is 0 Å². The molecule has 0 spiro atoms. The minimum Gasteiger partial charge on any atom is -0.331 e. The van der Waals surface area contributed by atoms with Gasteiger partial charge in [-0.2, -0.15) is 0 Å². The molecule has 0 atom stereocenters. The molecule has 0 amide bonds. The summed E-state index contributed by atoms with van der Waals surface area (Å²) in [7, 11) is 6.73. The molecular weight excluding hydrogens is 212 g/mol. The Morgan fingerprint density at radius 1 is 0.765 bits per heavy atom. The monoisotopic (exact) mass is 245 g/mol. The van der Waals surface area contributed by atoms with E-state index in [1.807, 2.05) is 0 Å². The average molecular weight is 245 g/mol. The van der Waals surface area contributed by atoms with Gasteiger partial charge < -0.3 is 20.9 Å². The molecule has 0 aliphatic rings. The van der Waals surface area contributed by atoms with Crippen molar-refractivity contribution in [2.75, 3.05) is 60.4 Å². The van der Waals surface area contributed by atoms with Gasteiger partial charge in [-0.05, 0) is 45.4 Å². The van der Waals surface area contributed by atoms with E-state index >= 15 is 0 Å². The van der Waals surface area contributed by atoms with Crippen LogP contribution in [0.3, 0.4) is 0 Å². The van der Waals surface area contributed by atoms with Gasteiger partial charge in [0.05, 0.1) is 27.7 Å². The normalized spacial score (nSPS) is 12.0. The van der Waals surface area contributed by atoms with Crippen molar-refractivity contribution < 1.29 is 4.48 Å². The van der Waals surface area contributed by atoms with Crippen LogP contribution in [0.2, 0.25) is 0 Å². The van der Waals surface area contributed by atoms with Gasteiger partial charge in [0.2, 0.25) is 0 Å². The summed E-state index contributed by atoms with van der Waals surface area (Å²) in [5, 5.41) is 6.90. The molecule has 4 heteroatoms. The summed E-state index contributed by atoms with van der Waals surface area (Å²) in [6.45, 7) is 6.52. The van der Waals surface area contributed by atoms with Gasteiger partial charge in [-0.1, -0.05) is 0 Å². The number of nitrogens with zero attached hydrogens (tertiary/aromatic N) is 1. The third kappa shape index (κ3) is 15.8. The highest BCUT2D eigenvalue weighted by Gasteiger charge is 2.04. The second-order valence-electron chi connectivity index (χ2n) is 5.72. The van der Waals surface area contributed by atoms with E-state index in [0.717, 1.165) is 43.6 Å². The lowest BCUT2D eigenvalue weighted by atomic mass is 10.3. The van der Waals surface area contributed by atoms with Gasteiger partial charge in [-0.25, -0.2) is 0 Å². The molecule has 0 heterocycles. The molecule has 17 heavy (non-hydrogen) atoms. The fourth-order valence-electron chi connectivity index (χ4n) is 1.66. The number of nitrogens with one attached hydrogen (secondary N) is 2. The number of quaternary nitrogens is 1. The Labute approximate surface area is 108 Å². The van der Waals surface area contributed by atoms with Crippen LogP contribution in [0, 0.1) is 0 Å². The summed E-state index contributed by atoms with van der Waals surface area (Å²) in [5.41, 5.74) is 5.42. The van der Waals surface area contributed by atoms with Gasteiger partial charge in [0.1, 0.15) is 0 Å². The van der Waals surface area contributed by atoms with Crippen molar-refractivity contribution in [3.8, 4) is 0 Å². The first-order valence-corrected chi connectivity index (χ1v) is 6.98. The molecule has 4 N–H and O–H groups in total. The molecule has 0 fully saturated rings. The minimum absolute atomic E-state index is 0.793. The molecule has 0 unspecified atom stereocenters. The summed E-state index contributed by atoms with van der Waals surface area (Å²) in [4.78, 5) is 0. The molecule has 0 rings (SSSR count). The molecule has 0 bridgehead atoms. The second kappa shape index (κ2) is 11.0. The van der Waals surface area contributed by atoms with E-state index in [-0.39, 0.29) is 0 Å². The summed E-state index contributed by atoms with van der Waals surface area (Å²) in [6, 6.07) is 0. The highest BCUT2D eigenvalue weighted by molar-refractivity contribution is 4.52. The van der Waals surface area contributed by atoms with Crippen LogP contribution in [0.4, 0.5) is 0 Å². The maximum Gasteiger partial charge on any atom is 0.0792 e. The Balaban J connectivity index is 2.99. The van der Waals surface area contributed by atoms with E-state index in [2.05, 4.69) is 31.8 Å². The molecule has 0 saturated heterocycles. The predicted molar refractivity (Wildman–Crippen MR) is 76.2 cm³/mol. The summed E-state index contributed by atoms with van der Waals surface area (Å²) < 4.78 is 1.06. The zero-order valence-electron chi connectivity index (χ0n) is 12.1. The molecule has 0 aromatic heterocycles. The van der Waals surface area contributed by atoms with Crippen molar-refractivity contribution in [3.63, 3.8) is 0 Å². The largest absolute Gasteiger partial charge is 0.331 e. The fraction of sp³-hybridized carbons (Fsp3) is 1.00. The Hall–Kier alpha value is -0.160. The topological polar surface area (TPSA) is 50.1 Å². The smallest absolute Gasteiger partial charge is 0.0792 e. The first-order valence-electron chi connectivity index (χ1n) is 6.98.